The van der Waals surface area contributed by atoms with Crippen LogP contribution in [0.4, 0.5) is 0 Å². The van der Waals surface area contributed by atoms with E-state index in [1.165, 1.54) is 30.4 Å². The summed E-state index contributed by atoms with van der Waals surface area (Å²) < 4.78 is 0. The molecule has 0 spiro atoms. The van der Waals surface area contributed by atoms with E-state index in [4.69, 9.17) is 0 Å². The maximum Gasteiger partial charge on any atom is 0.193 e. The van der Waals surface area contributed by atoms with E-state index in [0.29, 0.717) is 0 Å². The lowest BCUT2D eigenvalue weighted by Gasteiger charge is -2.34. The molecule has 1 aromatic carbocycles. The van der Waals surface area contributed by atoms with Crippen molar-refractivity contribution < 1.29 is 0 Å². The number of hydrogen-bond donors (Lipinski definition) is 1. The minimum atomic E-state index is 0. The maximum atomic E-state index is 4.47. The van der Waals surface area contributed by atoms with E-state index in [9.17, 15) is 0 Å². The topological polar surface area (TPSA) is 40.5 Å². The summed E-state index contributed by atoms with van der Waals surface area (Å²) >= 11 is 0. The van der Waals surface area contributed by atoms with Gasteiger partial charge in [-0.05, 0) is 49.3 Å². The molecule has 3 rings (SSSR count). The number of guanidine groups is 1. The Morgan fingerprint density at radius 2 is 1.88 bits per heavy atom. The number of aryl methyl sites for hydroxylation is 1. The van der Waals surface area contributed by atoms with E-state index >= 15 is 0 Å². The number of piperidine rings is 1. The zero-order valence-electron chi connectivity index (χ0n) is 15.7. The van der Waals surface area contributed by atoms with Gasteiger partial charge in [0.1, 0.15) is 0 Å². The van der Waals surface area contributed by atoms with Crippen molar-refractivity contribution in [3.05, 3.63) is 65.5 Å². The second kappa shape index (κ2) is 10.5. The molecule has 1 N–H and O–H groups in total. The van der Waals surface area contributed by atoms with Crippen LogP contribution in [0.15, 0.2) is 53.7 Å². The molecule has 1 fully saturated rings. The molecule has 0 unspecified atom stereocenters. The largest absolute Gasteiger partial charge is 0.351 e. The Labute approximate surface area is 174 Å². The Morgan fingerprint density at radius 1 is 1.15 bits per heavy atom. The first kappa shape index (κ1) is 20.7. The molecule has 4 nitrogen and oxygen atoms in total. The smallest absolute Gasteiger partial charge is 0.193 e. The third-order valence-electron chi connectivity index (χ3n) is 5.02. The van der Waals surface area contributed by atoms with Crippen LogP contribution in [-0.2, 0) is 13.0 Å². The first-order valence-electron chi connectivity index (χ1n) is 9.16. The SMILES string of the molecule is CN=C(NCc1ncccc1C)N1CCC(Cc2ccccc2)CC1.I. The van der Waals surface area contributed by atoms with Crippen LogP contribution in [0.3, 0.4) is 0 Å². The highest BCUT2D eigenvalue weighted by Crippen LogP contribution is 2.21. The molecule has 1 aliphatic heterocycles. The summed E-state index contributed by atoms with van der Waals surface area (Å²) in [6.07, 6.45) is 5.48. The maximum absolute atomic E-state index is 4.47. The Kier molecular flexibility index (Phi) is 8.35. The van der Waals surface area contributed by atoms with Crippen LogP contribution < -0.4 is 5.32 Å². The van der Waals surface area contributed by atoms with Crippen molar-refractivity contribution in [3.63, 3.8) is 0 Å². The van der Waals surface area contributed by atoms with Gasteiger partial charge in [-0.25, -0.2) is 0 Å². The summed E-state index contributed by atoms with van der Waals surface area (Å²) in [6.45, 7) is 4.96. The van der Waals surface area contributed by atoms with Crippen LogP contribution in [0.2, 0.25) is 0 Å². The van der Waals surface area contributed by atoms with Crippen LogP contribution in [0, 0.1) is 12.8 Å². The first-order chi connectivity index (χ1) is 12.3. The molecule has 1 saturated heterocycles. The fraction of sp³-hybridized carbons (Fsp3) is 0.429. The highest BCUT2D eigenvalue weighted by Gasteiger charge is 2.21. The van der Waals surface area contributed by atoms with E-state index in [1.54, 1.807) is 0 Å². The Balaban J connectivity index is 0.00000243. The fourth-order valence-electron chi connectivity index (χ4n) is 3.49. The number of rotatable bonds is 4. The second-order valence-corrected chi connectivity index (χ2v) is 6.79. The zero-order chi connectivity index (χ0) is 17.5. The number of benzene rings is 1. The van der Waals surface area contributed by atoms with E-state index in [0.717, 1.165) is 37.2 Å². The van der Waals surface area contributed by atoms with Gasteiger partial charge in [0.15, 0.2) is 5.96 Å². The molecule has 0 saturated carbocycles. The highest BCUT2D eigenvalue weighted by molar-refractivity contribution is 14.0. The minimum absolute atomic E-state index is 0. The number of nitrogens with zero attached hydrogens (tertiary/aromatic N) is 3. The van der Waals surface area contributed by atoms with Gasteiger partial charge >= 0.3 is 0 Å². The Morgan fingerprint density at radius 3 is 2.54 bits per heavy atom. The average molecular weight is 464 g/mol. The van der Waals surface area contributed by atoms with Crippen molar-refractivity contribution in [1.29, 1.82) is 0 Å². The number of pyridine rings is 1. The lowest BCUT2D eigenvalue weighted by atomic mass is 9.90. The number of hydrogen-bond acceptors (Lipinski definition) is 2. The van der Waals surface area contributed by atoms with Crippen LogP contribution in [-0.4, -0.2) is 36.0 Å². The standard InChI is InChI=1S/C21H28N4.HI/c1-17-7-6-12-23-20(17)16-24-21(22-2)25-13-10-19(11-14-25)15-18-8-4-3-5-9-18;/h3-9,12,19H,10-11,13-16H2,1-2H3,(H,22,24);1H. The summed E-state index contributed by atoms with van der Waals surface area (Å²) in [5.41, 5.74) is 3.75. The Hall–Kier alpha value is -1.63. The van der Waals surface area contributed by atoms with Gasteiger partial charge in [-0.3, -0.25) is 9.98 Å². The van der Waals surface area contributed by atoms with Crippen molar-refractivity contribution in [1.82, 2.24) is 15.2 Å². The summed E-state index contributed by atoms with van der Waals surface area (Å²) in [6, 6.07) is 14.9. The van der Waals surface area contributed by atoms with E-state index in [2.05, 4.69) is 63.5 Å². The third-order valence-corrected chi connectivity index (χ3v) is 5.02. The Bertz CT molecular complexity index is 694. The van der Waals surface area contributed by atoms with Gasteiger partial charge < -0.3 is 10.2 Å². The van der Waals surface area contributed by atoms with Crippen LogP contribution in [0.5, 0.6) is 0 Å². The van der Waals surface area contributed by atoms with E-state index in [-0.39, 0.29) is 24.0 Å². The normalized spacial score (nSPS) is 15.5. The predicted octanol–water partition coefficient (Wildman–Crippen LogP) is 4.04. The van der Waals surface area contributed by atoms with Gasteiger partial charge in [0.25, 0.3) is 0 Å². The van der Waals surface area contributed by atoms with E-state index < -0.39 is 0 Å². The summed E-state index contributed by atoms with van der Waals surface area (Å²) in [5, 5.41) is 3.47. The lowest BCUT2D eigenvalue weighted by molar-refractivity contribution is 0.259. The highest BCUT2D eigenvalue weighted by atomic mass is 127. The second-order valence-electron chi connectivity index (χ2n) is 6.79. The van der Waals surface area contributed by atoms with Crippen LogP contribution in [0.1, 0.15) is 29.7 Å². The monoisotopic (exact) mass is 464 g/mol. The van der Waals surface area contributed by atoms with Gasteiger partial charge in [-0.2, -0.15) is 0 Å². The molecule has 1 aromatic heterocycles. The zero-order valence-corrected chi connectivity index (χ0v) is 18.0. The van der Waals surface area contributed by atoms with Gasteiger partial charge in [-0.1, -0.05) is 36.4 Å². The predicted molar refractivity (Wildman–Crippen MR) is 119 cm³/mol. The summed E-state index contributed by atoms with van der Waals surface area (Å²) in [4.78, 5) is 11.3. The van der Waals surface area contributed by atoms with Crippen LogP contribution >= 0.6 is 24.0 Å². The molecule has 1 aliphatic rings. The molecule has 140 valence electrons. The minimum Gasteiger partial charge on any atom is -0.351 e. The average Bonchev–Trinajstić information content (AvgIpc) is 2.66. The molecular formula is C21H29IN4. The van der Waals surface area contributed by atoms with Gasteiger partial charge in [0, 0.05) is 26.3 Å². The molecule has 5 heteroatoms. The van der Waals surface area contributed by atoms with Gasteiger partial charge in [-0.15, -0.1) is 24.0 Å². The number of nitrogens with one attached hydrogen (secondary N) is 1. The molecule has 0 atom stereocenters. The first-order valence-corrected chi connectivity index (χ1v) is 9.16. The van der Waals surface area contributed by atoms with Gasteiger partial charge in [0.05, 0.1) is 12.2 Å². The van der Waals surface area contributed by atoms with Crippen molar-refractivity contribution >= 4 is 29.9 Å². The number of halogens is 1. The quantitative estimate of drug-likeness (QED) is 0.422. The van der Waals surface area contributed by atoms with Crippen LogP contribution in [0.25, 0.3) is 0 Å². The molecule has 26 heavy (non-hydrogen) atoms. The van der Waals surface area contributed by atoms with Crippen molar-refractivity contribution in [2.24, 2.45) is 10.9 Å². The lowest BCUT2D eigenvalue weighted by Crippen LogP contribution is -2.45. The van der Waals surface area contributed by atoms with E-state index in [1.807, 2.05) is 19.3 Å². The fourth-order valence-corrected chi connectivity index (χ4v) is 3.49. The number of aliphatic imine (C=N–C) groups is 1. The van der Waals surface area contributed by atoms with Crippen molar-refractivity contribution in [2.45, 2.75) is 32.7 Å². The third kappa shape index (κ3) is 5.69. The summed E-state index contributed by atoms with van der Waals surface area (Å²) in [5.74, 6) is 1.76. The number of aromatic nitrogens is 1. The number of likely N-dealkylation sites (tertiary alicyclic amines) is 1. The van der Waals surface area contributed by atoms with Crippen molar-refractivity contribution in [2.75, 3.05) is 20.1 Å². The van der Waals surface area contributed by atoms with Crippen molar-refractivity contribution in [3.8, 4) is 0 Å². The molecule has 0 aliphatic carbocycles. The molecule has 0 radical (unpaired) electrons. The molecule has 0 bridgehead atoms. The molecule has 2 heterocycles. The molecule has 0 amide bonds. The molecule has 2 aromatic rings. The molecular weight excluding hydrogens is 435 g/mol. The van der Waals surface area contributed by atoms with Gasteiger partial charge in [0.2, 0.25) is 0 Å². The summed E-state index contributed by atoms with van der Waals surface area (Å²) in [7, 11) is 1.86.